The molecule has 1 aromatic carbocycles. The lowest BCUT2D eigenvalue weighted by Gasteiger charge is -2.10. The van der Waals surface area contributed by atoms with Crippen LogP contribution in [0.2, 0.25) is 0 Å². The van der Waals surface area contributed by atoms with E-state index in [0.29, 0.717) is 11.6 Å². The molecule has 1 atom stereocenters. The predicted molar refractivity (Wildman–Crippen MR) is 68.7 cm³/mol. The first kappa shape index (κ1) is 12.7. The summed E-state index contributed by atoms with van der Waals surface area (Å²) in [4.78, 5) is 14.7. The van der Waals surface area contributed by atoms with Crippen molar-refractivity contribution in [1.82, 2.24) is 4.98 Å². The topological polar surface area (TPSA) is 59.4 Å². The average molecular weight is 263 g/mol. The largest absolute Gasteiger partial charge is 0.476 e. The number of ether oxygens (including phenoxy) is 1. The van der Waals surface area contributed by atoms with Gasteiger partial charge in [-0.2, -0.15) is 0 Å². The van der Waals surface area contributed by atoms with Crippen molar-refractivity contribution in [3.63, 3.8) is 0 Å². The first-order chi connectivity index (χ1) is 8.66. The zero-order valence-electron chi connectivity index (χ0n) is 9.87. The van der Waals surface area contributed by atoms with E-state index in [1.807, 2.05) is 37.3 Å². The van der Waals surface area contributed by atoms with Crippen LogP contribution in [-0.4, -0.2) is 16.1 Å². The normalized spacial score (nSPS) is 12.3. The number of carboxylic acid groups (broad SMARTS) is 1. The number of nitrogens with zero attached hydrogens (tertiary/aromatic N) is 1. The minimum absolute atomic E-state index is 0.0742. The number of hydrogen-bond acceptors (Lipinski definition) is 4. The van der Waals surface area contributed by atoms with Crippen LogP contribution < -0.4 is 0 Å². The molecule has 2 rings (SSSR count). The molecule has 0 saturated carbocycles. The van der Waals surface area contributed by atoms with E-state index in [-0.39, 0.29) is 11.8 Å². The Morgan fingerprint density at radius 1 is 1.44 bits per heavy atom. The Morgan fingerprint density at radius 2 is 2.17 bits per heavy atom. The van der Waals surface area contributed by atoms with Gasteiger partial charge in [0.15, 0.2) is 5.69 Å². The van der Waals surface area contributed by atoms with Gasteiger partial charge in [0.05, 0.1) is 6.61 Å². The summed E-state index contributed by atoms with van der Waals surface area (Å²) < 4.78 is 5.66. The Kier molecular flexibility index (Phi) is 4.07. The van der Waals surface area contributed by atoms with Crippen LogP contribution in [0.3, 0.4) is 0 Å². The third kappa shape index (κ3) is 3.15. The maximum atomic E-state index is 10.7. The molecular weight excluding hydrogens is 250 g/mol. The van der Waals surface area contributed by atoms with E-state index >= 15 is 0 Å². The number of aromatic carboxylic acids is 1. The van der Waals surface area contributed by atoms with E-state index in [0.717, 1.165) is 5.56 Å². The van der Waals surface area contributed by atoms with Gasteiger partial charge in [0.25, 0.3) is 0 Å². The monoisotopic (exact) mass is 263 g/mol. The minimum atomic E-state index is -1.01. The summed E-state index contributed by atoms with van der Waals surface area (Å²) in [6.07, 6.45) is -0.205. The fraction of sp³-hybridized carbons (Fsp3) is 0.231. The van der Waals surface area contributed by atoms with Gasteiger partial charge in [-0.25, -0.2) is 9.78 Å². The first-order valence-electron chi connectivity index (χ1n) is 5.51. The van der Waals surface area contributed by atoms with Crippen LogP contribution in [-0.2, 0) is 11.3 Å². The Labute approximate surface area is 109 Å². The van der Waals surface area contributed by atoms with Crippen LogP contribution in [0.4, 0.5) is 0 Å². The van der Waals surface area contributed by atoms with Gasteiger partial charge in [0, 0.05) is 5.38 Å². The van der Waals surface area contributed by atoms with Gasteiger partial charge in [0.2, 0.25) is 0 Å². The molecule has 1 N–H and O–H groups in total. The molecule has 0 aliphatic carbocycles. The van der Waals surface area contributed by atoms with E-state index in [2.05, 4.69) is 4.98 Å². The van der Waals surface area contributed by atoms with Crippen molar-refractivity contribution in [2.75, 3.05) is 0 Å². The summed E-state index contributed by atoms with van der Waals surface area (Å²) in [5.41, 5.74) is 1.16. The molecule has 0 aliphatic heterocycles. The maximum Gasteiger partial charge on any atom is 0.355 e. The smallest absolute Gasteiger partial charge is 0.355 e. The van der Waals surface area contributed by atoms with E-state index in [1.165, 1.54) is 16.7 Å². The molecule has 18 heavy (non-hydrogen) atoms. The van der Waals surface area contributed by atoms with Gasteiger partial charge < -0.3 is 9.84 Å². The van der Waals surface area contributed by atoms with Gasteiger partial charge >= 0.3 is 5.97 Å². The fourth-order valence-corrected chi connectivity index (χ4v) is 2.24. The molecule has 0 bridgehead atoms. The lowest BCUT2D eigenvalue weighted by Crippen LogP contribution is -2.02. The molecule has 1 heterocycles. The number of carboxylic acids is 1. The van der Waals surface area contributed by atoms with Crippen LogP contribution in [0.5, 0.6) is 0 Å². The Bertz CT molecular complexity index is 524. The molecule has 1 unspecified atom stereocenters. The van der Waals surface area contributed by atoms with Crippen molar-refractivity contribution in [2.45, 2.75) is 19.6 Å². The molecule has 5 heteroatoms. The van der Waals surface area contributed by atoms with E-state index in [9.17, 15) is 4.79 Å². The molecule has 2 aromatic rings. The Hall–Kier alpha value is -1.72. The third-order valence-corrected chi connectivity index (χ3v) is 3.44. The summed E-state index contributed by atoms with van der Waals surface area (Å²) >= 11 is 1.30. The van der Waals surface area contributed by atoms with Crippen LogP contribution in [0.25, 0.3) is 0 Å². The molecule has 0 spiro atoms. The molecule has 0 aliphatic rings. The van der Waals surface area contributed by atoms with Crippen molar-refractivity contribution >= 4 is 17.3 Å². The highest BCUT2D eigenvalue weighted by atomic mass is 32.1. The summed E-state index contributed by atoms with van der Waals surface area (Å²) in [5.74, 6) is -1.01. The molecule has 4 nitrogen and oxygen atoms in total. The van der Waals surface area contributed by atoms with Gasteiger partial charge in [-0.3, -0.25) is 0 Å². The molecule has 0 fully saturated rings. The van der Waals surface area contributed by atoms with E-state index < -0.39 is 5.97 Å². The highest BCUT2D eigenvalue weighted by molar-refractivity contribution is 7.09. The maximum absolute atomic E-state index is 10.7. The molecular formula is C13H13NO3S. The van der Waals surface area contributed by atoms with Crippen LogP contribution in [0.1, 0.15) is 34.1 Å². The number of carbonyl (C=O) groups is 1. The van der Waals surface area contributed by atoms with Crippen molar-refractivity contribution in [3.05, 3.63) is 52.0 Å². The van der Waals surface area contributed by atoms with Crippen LogP contribution in [0, 0.1) is 0 Å². The summed E-state index contributed by atoms with van der Waals surface area (Å²) in [6.45, 7) is 2.36. The standard InChI is InChI=1S/C13H13NO3S/c1-9(12-14-11(8-18-12)13(15)16)17-7-10-5-3-2-4-6-10/h2-6,8-9H,7H2,1H3,(H,15,16). The van der Waals surface area contributed by atoms with Gasteiger partial charge in [-0.05, 0) is 12.5 Å². The quantitative estimate of drug-likeness (QED) is 0.900. The van der Waals surface area contributed by atoms with Gasteiger partial charge in [0.1, 0.15) is 11.1 Å². The van der Waals surface area contributed by atoms with Crippen molar-refractivity contribution in [2.24, 2.45) is 0 Å². The second-order valence-corrected chi connectivity index (χ2v) is 4.70. The van der Waals surface area contributed by atoms with Crippen molar-refractivity contribution < 1.29 is 14.6 Å². The Balaban J connectivity index is 1.95. The summed E-state index contributed by atoms with van der Waals surface area (Å²) in [7, 11) is 0. The number of rotatable bonds is 5. The zero-order chi connectivity index (χ0) is 13.0. The highest BCUT2D eigenvalue weighted by Gasteiger charge is 2.14. The summed E-state index contributed by atoms with van der Waals surface area (Å²) in [6, 6.07) is 9.83. The lowest BCUT2D eigenvalue weighted by molar-refractivity contribution is 0.0520. The fourth-order valence-electron chi connectivity index (χ4n) is 1.44. The lowest BCUT2D eigenvalue weighted by atomic mass is 10.2. The second kappa shape index (κ2) is 5.75. The van der Waals surface area contributed by atoms with Crippen molar-refractivity contribution in [1.29, 1.82) is 0 Å². The van der Waals surface area contributed by atoms with E-state index in [4.69, 9.17) is 9.84 Å². The predicted octanol–water partition coefficient (Wildman–Crippen LogP) is 3.12. The van der Waals surface area contributed by atoms with Gasteiger partial charge in [-0.1, -0.05) is 30.3 Å². The highest BCUT2D eigenvalue weighted by Crippen LogP contribution is 2.22. The summed E-state index contributed by atoms with van der Waals surface area (Å²) in [5, 5.41) is 11.0. The van der Waals surface area contributed by atoms with Gasteiger partial charge in [-0.15, -0.1) is 11.3 Å². The Morgan fingerprint density at radius 3 is 2.78 bits per heavy atom. The third-order valence-electron chi connectivity index (χ3n) is 2.43. The molecule has 0 amide bonds. The average Bonchev–Trinajstić information content (AvgIpc) is 2.87. The molecule has 0 saturated heterocycles. The number of benzene rings is 1. The van der Waals surface area contributed by atoms with Crippen LogP contribution in [0.15, 0.2) is 35.7 Å². The molecule has 0 radical (unpaired) electrons. The molecule has 1 aromatic heterocycles. The zero-order valence-corrected chi connectivity index (χ0v) is 10.7. The van der Waals surface area contributed by atoms with E-state index in [1.54, 1.807) is 0 Å². The number of aromatic nitrogens is 1. The number of thiazole rings is 1. The van der Waals surface area contributed by atoms with Crippen molar-refractivity contribution in [3.8, 4) is 0 Å². The second-order valence-electron chi connectivity index (χ2n) is 3.81. The number of hydrogen-bond donors (Lipinski definition) is 1. The van der Waals surface area contributed by atoms with Crippen LogP contribution >= 0.6 is 11.3 Å². The first-order valence-corrected chi connectivity index (χ1v) is 6.39. The minimum Gasteiger partial charge on any atom is -0.476 e. The SMILES string of the molecule is CC(OCc1ccccc1)c1nc(C(=O)O)cs1. The molecule has 94 valence electrons.